The molecule has 0 unspecified atom stereocenters. The van der Waals surface area contributed by atoms with Gasteiger partial charge in [-0.3, -0.25) is 0 Å². The van der Waals surface area contributed by atoms with Crippen molar-refractivity contribution in [2.24, 2.45) is 0 Å². The summed E-state index contributed by atoms with van der Waals surface area (Å²) in [6.45, 7) is 0.735. The van der Waals surface area contributed by atoms with Crippen LogP contribution in [0, 0.1) is 0 Å². The molecule has 84 valence electrons. The van der Waals surface area contributed by atoms with Crippen LogP contribution in [0.15, 0.2) is 46.9 Å². The van der Waals surface area contributed by atoms with Gasteiger partial charge in [-0.05, 0) is 30.5 Å². The highest BCUT2D eigenvalue weighted by Gasteiger charge is 2.00. The molecule has 0 bridgehead atoms. The van der Waals surface area contributed by atoms with Crippen LogP contribution in [0.25, 0.3) is 0 Å². The molecule has 0 saturated heterocycles. The Kier molecular flexibility index (Phi) is 3.94. The molecular formula is C13H15NOS. The van der Waals surface area contributed by atoms with Crippen LogP contribution < -0.4 is 5.32 Å². The monoisotopic (exact) mass is 233 g/mol. The van der Waals surface area contributed by atoms with Gasteiger partial charge < -0.3 is 9.73 Å². The number of thioether (sulfide) groups is 1. The van der Waals surface area contributed by atoms with Gasteiger partial charge in [0.05, 0.1) is 12.3 Å². The van der Waals surface area contributed by atoms with Crippen LogP contribution in [0.4, 0.5) is 5.69 Å². The van der Waals surface area contributed by atoms with Crippen LogP contribution in [-0.2, 0) is 12.3 Å². The minimum atomic E-state index is 0.735. The average molecular weight is 233 g/mol. The maximum atomic E-state index is 5.66. The molecule has 0 amide bonds. The summed E-state index contributed by atoms with van der Waals surface area (Å²) in [7, 11) is 0. The second kappa shape index (κ2) is 5.66. The topological polar surface area (TPSA) is 25.2 Å². The molecule has 2 rings (SSSR count). The van der Waals surface area contributed by atoms with E-state index in [1.54, 1.807) is 11.8 Å². The zero-order chi connectivity index (χ0) is 11.2. The molecule has 0 spiro atoms. The molecule has 16 heavy (non-hydrogen) atoms. The maximum absolute atomic E-state index is 5.66. The van der Waals surface area contributed by atoms with Crippen LogP contribution >= 0.6 is 11.8 Å². The Morgan fingerprint density at radius 2 is 1.81 bits per heavy atom. The highest BCUT2D eigenvalue weighted by atomic mass is 32.2. The number of benzene rings is 1. The summed E-state index contributed by atoms with van der Waals surface area (Å²) in [6.07, 6.45) is 2.07. The molecular weight excluding hydrogens is 218 g/mol. The smallest absolute Gasteiger partial charge is 0.123 e. The fourth-order valence-electron chi connectivity index (χ4n) is 1.48. The Balaban J connectivity index is 1.89. The molecule has 1 N–H and O–H groups in total. The highest BCUT2D eigenvalue weighted by molar-refractivity contribution is 7.97. The third kappa shape index (κ3) is 3.07. The van der Waals surface area contributed by atoms with Gasteiger partial charge in [0.1, 0.15) is 11.5 Å². The van der Waals surface area contributed by atoms with E-state index in [4.69, 9.17) is 4.42 Å². The molecule has 3 heteroatoms. The molecule has 0 radical (unpaired) electrons. The van der Waals surface area contributed by atoms with E-state index in [1.165, 1.54) is 0 Å². The number of hydrogen-bond acceptors (Lipinski definition) is 3. The van der Waals surface area contributed by atoms with Crippen molar-refractivity contribution in [3.63, 3.8) is 0 Å². The van der Waals surface area contributed by atoms with E-state index in [-0.39, 0.29) is 0 Å². The first kappa shape index (κ1) is 11.1. The predicted octanol–water partition coefficient (Wildman–Crippen LogP) is 3.75. The Morgan fingerprint density at radius 1 is 1.06 bits per heavy atom. The fraction of sp³-hybridized carbons (Fsp3) is 0.231. The summed E-state index contributed by atoms with van der Waals surface area (Å²) in [5.74, 6) is 2.95. The van der Waals surface area contributed by atoms with Crippen molar-refractivity contribution in [1.29, 1.82) is 0 Å². The molecule has 1 aromatic heterocycles. The second-order valence-corrected chi connectivity index (χ2v) is 4.39. The lowest BCUT2D eigenvalue weighted by Gasteiger charge is -2.03. The molecule has 0 saturated carbocycles. The third-order valence-electron chi connectivity index (χ3n) is 2.24. The van der Waals surface area contributed by atoms with E-state index < -0.39 is 0 Å². The van der Waals surface area contributed by atoms with E-state index in [2.05, 4.69) is 11.6 Å². The SMILES string of the molecule is CSCc1ccc(CNc2ccccc2)o1. The van der Waals surface area contributed by atoms with Crippen molar-refractivity contribution in [3.8, 4) is 0 Å². The number of furan rings is 1. The van der Waals surface area contributed by atoms with Crippen molar-refractivity contribution in [2.45, 2.75) is 12.3 Å². The lowest BCUT2D eigenvalue weighted by Crippen LogP contribution is -1.97. The van der Waals surface area contributed by atoms with Crippen LogP contribution in [0.5, 0.6) is 0 Å². The second-order valence-electron chi connectivity index (χ2n) is 3.52. The molecule has 1 heterocycles. The molecule has 0 aliphatic heterocycles. The van der Waals surface area contributed by atoms with Crippen LogP contribution in [0.1, 0.15) is 11.5 Å². The van der Waals surface area contributed by atoms with E-state index in [0.29, 0.717) is 0 Å². The van der Waals surface area contributed by atoms with Crippen molar-refractivity contribution in [3.05, 3.63) is 54.0 Å². The van der Waals surface area contributed by atoms with Crippen LogP contribution in [0.3, 0.4) is 0 Å². The predicted molar refractivity (Wildman–Crippen MR) is 69.7 cm³/mol. The van der Waals surface area contributed by atoms with Crippen LogP contribution in [-0.4, -0.2) is 6.26 Å². The zero-order valence-electron chi connectivity index (χ0n) is 9.27. The number of nitrogens with one attached hydrogen (secondary N) is 1. The summed E-state index contributed by atoms with van der Waals surface area (Å²) >= 11 is 1.77. The number of hydrogen-bond donors (Lipinski definition) is 1. The van der Waals surface area contributed by atoms with E-state index in [9.17, 15) is 0 Å². The number of rotatable bonds is 5. The van der Waals surface area contributed by atoms with Gasteiger partial charge in [-0.15, -0.1) is 0 Å². The Bertz CT molecular complexity index is 425. The lowest BCUT2D eigenvalue weighted by molar-refractivity contribution is 0.487. The van der Waals surface area contributed by atoms with Crippen molar-refractivity contribution in [2.75, 3.05) is 11.6 Å². The van der Waals surface area contributed by atoms with Gasteiger partial charge in [-0.1, -0.05) is 18.2 Å². The van der Waals surface area contributed by atoms with Crippen molar-refractivity contribution in [1.82, 2.24) is 0 Å². The summed E-state index contributed by atoms with van der Waals surface area (Å²) in [4.78, 5) is 0. The summed E-state index contributed by atoms with van der Waals surface area (Å²) < 4.78 is 5.66. The van der Waals surface area contributed by atoms with E-state index in [0.717, 1.165) is 29.5 Å². The number of para-hydroxylation sites is 1. The minimum Gasteiger partial charge on any atom is -0.463 e. The molecule has 0 atom stereocenters. The van der Waals surface area contributed by atoms with Crippen molar-refractivity contribution < 1.29 is 4.42 Å². The average Bonchev–Trinajstić information content (AvgIpc) is 2.76. The van der Waals surface area contributed by atoms with Gasteiger partial charge in [0.25, 0.3) is 0 Å². The maximum Gasteiger partial charge on any atom is 0.123 e. The van der Waals surface area contributed by atoms with Crippen LogP contribution in [0.2, 0.25) is 0 Å². The first-order valence-corrected chi connectivity index (χ1v) is 6.63. The van der Waals surface area contributed by atoms with Gasteiger partial charge in [0.2, 0.25) is 0 Å². The van der Waals surface area contributed by atoms with Gasteiger partial charge in [0.15, 0.2) is 0 Å². The Hall–Kier alpha value is -1.35. The minimum absolute atomic E-state index is 0.735. The molecule has 1 aromatic carbocycles. The molecule has 2 aromatic rings. The fourth-order valence-corrected chi connectivity index (χ4v) is 1.92. The van der Waals surface area contributed by atoms with Crippen molar-refractivity contribution >= 4 is 17.4 Å². The largest absolute Gasteiger partial charge is 0.463 e. The summed E-state index contributed by atoms with van der Waals surface area (Å²) in [5.41, 5.74) is 1.12. The lowest BCUT2D eigenvalue weighted by atomic mass is 10.3. The van der Waals surface area contributed by atoms with Gasteiger partial charge in [-0.25, -0.2) is 0 Å². The highest BCUT2D eigenvalue weighted by Crippen LogP contribution is 2.15. The Morgan fingerprint density at radius 3 is 2.56 bits per heavy atom. The van der Waals surface area contributed by atoms with Gasteiger partial charge in [0, 0.05) is 5.69 Å². The van der Waals surface area contributed by atoms with Gasteiger partial charge in [-0.2, -0.15) is 11.8 Å². The standard InChI is InChI=1S/C13H15NOS/c1-16-10-13-8-7-12(15-13)9-14-11-5-3-2-4-6-11/h2-8,14H,9-10H2,1H3. The first-order chi connectivity index (χ1) is 7.88. The first-order valence-electron chi connectivity index (χ1n) is 5.24. The van der Waals surface area contributed by atoms with Gasteiger partial charge >= 0.3 is 0 Å². The Labute approximate surface area is 100 Å². The van der Waals surface area contributed by atoms with E-state index >= 15 is 0 Å². The summed E-state index contributed by atoms with van der Waals surface area (Å²) in [5, 5.41) is 3.32. The molecule has 0 aliphatic rings. The normalized spacial score (nSPS) is 10.3. The molecule has 0 fully saturated rings. The quantitative estimate of drug-likeness (QED) is 0.851. The third-order valence-corrected chi connectivity index (χ3v) is 2.82. The zero-order valence-corrected chi connectivity index (χ0v) is 10.1. The number of anilines is 1. The summed E-state index contributed by atoms with van der Waals surface area (Å²) in [6, 6.07) is 14.2. The molecule has 0 aliphatic carbocycles. The van der Waals surface area contributed by atoms with E-state index in [1.807, 2.05) is 42.5 Å². The molecule has 2 nitrogen and oxygen atoms in total.